The summed E-state index contributed by atoms with van der Waals surface area (Å²) in [7, 11) is 3.30. The smallest absolute Gasteiger partial charge is 0.119 e. The van der Waals surface area contributed by atoms with Crippen LogP contribution < -0.4 is 14.8 Å². The standard InChI is InChI=1S/C16H17NO2S/c1-18-14-8-6-12(7-9-14)11-17-16(20)13-4-3-5-15(10-13)19-2/h3-10H,11H2,1-2H3,(H,17,20). The van der Waals surface area contributed by atoms with E-state index in [9.17, 15) is 0 Å². The highest BCUT2D eigenvalue weighted by Gasteiger charge is 2.02. The van der Waals surface area contributed by atoms with Gasteiger partial charge in [0.25, 0.3) is 0 Å². The van der Waals surface area contributed by atoms with Crippen LogP contribution in [0.15, 0.2) is 48.5 Å². The van der Waals surface area contributed by atoms with E-state index in [1.165, 1.54) is 0 Å². The monoisotopic (exact) mass is 287 g/mol. The number of hydrogen-bond acceptors (Lipinski definition) is 3. The molecule has 0 spiro atoms. The lowest BCUT2D eigenvalue weighted by molar-refractivity contribution is 0.414. The maximum absolute atomic E-state index is 5.38. The molecule has 0 unspecified atom stereocenters. The Morgan fingerprint density at radius 2 is 1.70 bits per heavy atom. The first kappa shape index (κ1) is 14.3. The maximum atomic E-state index is 5.38. The zero-order chi connectivity index (χ0) is 14.4. The lowest BCUT2D eigenvalue weighted by Crippen LogP contribution is -2.21. The van der Waals surface area contributed by atoms with Gasteiger partial charge in [-0.15, -0.1) is 0 Å². The van der Waals surface area contributed by atoms with Crippen LogP contribution in [-0.2, 0) is 6.54 Å². The van der Waals surface area contributed by atoms with Crippen molar-refractivity contribution < 1.29 is 9.47 Å². The van der Waals surface area contributed by atoms with Crippen LogP contribution >= 0.6 is 12.2 Å². The summed E-state index contributed by atoms with van der Waals surface area (Å²) >= 11 is 5.38. The van der Waals surface area contributed by atoms with E-state index < -0.39 is 0 Å². The van der Waals surface area contributed by atoms with Gasteiger partial charge in [-0.25, -0.2) is 0 Å². The highest BCUT2D eigenvalue weighted by molar-refractivity contribution is 7.80. The molecular weight excluding hydrogens is 270 g/mol. The Morgan fingerprint density at radius 3 is 2.35 bits per heavy atom. The summed E-state index contributed by atoms with van der Waals surface area (Å²) in [6.07, 6.45) is 0. The predicted molar refractivity (Wildman–Crippen MR) is 84.5 cm³/mol. The van der Waals surface area contributed by atoms with Gasteiger partial charge in [0.05, 0.1) is 14.2 Å². The van der Waals surface area contributed by atoms with Crippen molar-refractivity contribution in [2.24, 2.45) is 0 Å². The number of nitrogens with one attached hydrogen (secondary N) is 1. The van der Waals surface area contributed by atoms with Gasteiger partial charge in [0.2, 0.25) is 0 Å². The summed E-state index contributed by atoms with van der Waals surface area (Å²) in [5.74, 6) is 1.65. The fourth-order valence-corrected chi connectivity index (χ4v) is 1.99. The Morgan fingerprint density at radius 1 is 1.00 bits per heavy atom. The second-order valence-corrected chi connectivity index (χ2v) is 4.67. The number of ether oxygens (including phenoxy) is 2. The quantitative estimate of drug-likeness (QED) is 0.856. The van der Waals surface area contributed by atoms with Crippen molar-refractivity contribution in [1.82, 2.24) is 5.32 Å². The van der Waals surface area contributed by atoms with Gasteiger partial charge in [0.1, 0.15) is 16.5 Å². The van der Waals surface area contributed by atoms with Gasteiger partial charge in [0.15, 0.2) is 0 Å². The molecule has 2 aromatic rings. The lowest BCUT2D eigenvalue weighted by atomic mass is 10.2. The van der Waals surface area contributed by atoms with Gasteiger partial charge in [-0.1, -0.05) is 36.5 Å². The molecule has 3 nitrogen and oxygen atoms in total. The minimum Gasteiger partial charge on any atom is -0.497 e. The molecule has 0 atom stereocenters. The summed E-state index contributed by atoms with van der Waals surface area (Å²) in [5, 5.41) is 3.24. The van der Waals surface area contributed by atoms with E-state index in [-0.39, 0.29) is 0 Å². The Labute approximate surface area is 124 Å². The predicted octanol–water partition coefficient (Wildman–Crippen LogP) is 3.17. The lowest BCUT2D eigenvalue weighted by Gasteiger charge is -2.10. The molecule has 0 radical (unpaired) electrons. The minimum absolute atomic E-state index is 0.681. The number of methoxy groups -OCH3 is 2. The van der Waals surface area contributed by atoms with E-state index in [2.05, 4.69) is 5.32 Å². The van der Waals surface area contributed by atoms with Crippen LogP contribution in [-0.4, -0.2) is 19.2 Å². The van der Waals surface area contributed by atoms with Crippen LogP contribution in [0.5, 0.6) is 11.5 Å². The van der Waals surface area contributed by atoms with Crippen molar-refractivity contribution in [1.29, 1.82) is 0 Å². The van der Waals surface area contributed by atoms with Gasteiger partial charge >= 0.3 is 0 Å². The third-order valence-electron chi connectivity index (χ3n) is 2.94. The fraction of sp³-hybridized carbons (Fsp3) is 0.188. The van der Waals surface area contributed by atoms with Crippen LogP contribution in [0.2, 0.25) is 0 Å². The summed E-state index contributed by atoms with van der Waals surface area (Å²) in [5.41, 5.74) is 2.10. The molecule has 0 fully saturated rings. The van der Waals surface area contributed by atoms with Gasteiger partial charge < -0.3 is 14.8 Å². The summed E-state index contributed by atoms with van der Waals surface area (Å²) in [4.78, 5) is 0.708. The Bertz CT molecular complexity index is 581. The number of thiocarbonyl (C=S) groups is 1. The second kappa shape index (κ2) is 6.91. The molecule has 0 bridgehead atoms. The summed E-state index contributed by atoms with van der Waals surface area (Å²) in [6, 6.07) is 15.6. The second-order valence-electron chi connectivity index (χ2n) is 4.26. The highest BCUT2D eigenvalue weighted by Crippen LogP contribution is 2.14. The Kier molecular flexibility index (Phi) is 4.96. The first-order chi connectivity index (χ1) is 9.72. The number of benzene rings is 2. The zero-order valence-electron chi connectivity index (χ0n) is 11.6. The molecule has 2 rings (SSSR count). The average Bonchev–Trinajstić information content (AvgIpc) is 2.53. The summed E-state index contributed by atoms with van der Waals surface area (Å²) < 4.78 is 10.3. The Balaban J connectivity index is 1.97. The van der Waals surface area contributed by atoms with Gasteiger partial charge in [-0.3, -0.25) is 0 Å². The minimum atomic E-state index is 0.681. The van der Waals surface area contributed by atoms with Gasteiger partial charge in [-0.05, 0) is 29.8 Å². The van der Waals surface area contributed by atoms with Crippen LogP contribution in [0.25, 0.3) is 0 Å². The zero-order valence-corrected chi connectivity index (χ0v) is 12.4. The molecule has 20 heavy (non-hydrogen) atoms. The molecule has 1 N–H and O–H groups in total. The SMILES string of the molecule is COc1ccc(CNC(=S)c2cccc(OC)c2)cc1. The molecule has 0 saturated carbocycles. The molecule has 0 aromatic heterocycles. The van der Waals surface area contributed by atoms with Crippen LogP contribution in [0.1, 0.15) is 11.1 Å². The normalized spacial score (nSPS) is 9.90. The average molecular weight is 287 g/mol. The van der Waals surface area contributed by atoms with Crippen LogP contribution in [0.3, 0.4) is 0 Å². The van der Waals surface area contributed by atoms with Crippen molar-refractivity contribution in [2.45, 2.75) is 6.54 Å². The van der Waals surface area contributed by atoms with Gasteiger partial charge in [0, 0.05) is 12.1 Å². The molecule has 2 aromatic carbocycles. The van der Waals surface area contributed by atoms with Gasteiger partial charge in [-0.2, -0.15) is 0 Å². The van der Waals surface area contributed by atoms with Crippen LogP contribution in [0, 0.1) is 0 Å². The summed E-state index contributed by atoms with van der Waals surface area (Å²) in [6.45, 7) is 0.681. The Hall–Kier alpha value is -2.07. The topological polar surface area (TPSA) is 30.5 Å². The third-order valence-corrected chi connectivity index (χ3v) is 3.32. The van der Waals surface area contributed by atoms with E-state index in [4.69, 9.17) is 21.7 Å². The van der Waals surface area contributed by atoms with Crippen LogP contribution in [0.4, 0.5) is 0 Å². The highest BCUT2D eigenvalue weighted by atomic mass is 32.1. The first-order valence-electron chi connectivity index (χ1n) is 6.28. The van der Waals surface area contributed by atoms with Crippen molar-refractivity contribution >= 4 is 17.2 Å². The third kappa shape index (κ3) is 3.71. The van der Waals surface area contributed by atoms with Crippen molar-refractivity contribution in [3.63, 3.8) is 0 Å². The van der Waals surface area contributed by atoms with Crippen molar-refractivity contribution in [2.75, 3.05) is 14.2 Å². The molecule has 0 aliphatic rings. The van der Waals surface area contributed by atoms with E-state index in [1.54, 1.807) is 14.2 Å². The van der Waals surface area contributed by atoms with E-state index in [1.807, 2.05) is 48.5 Å². The maximum Gasteiger partial charge on any atom is 0.119 e. The molecule has 0 amide bonds. The number of hydrogen-bond donors (Lipinski definition) is 1. The largest absolute Gasteiger partial charge is 0.497 e. The van der Waals surface area contributed by atoms with E-state index >= 15 is 0 Å². The fourth-order valence-electron chi connectivity index (χ4n) is 1.79. The molecule has 0 heterocycles. The number of rotatable bonds is 5. The van der Waals surface area contributed by atoms with Crippen molar-refractivity contribution in [3.05, 3.63) is 59.7 Å². The molecule has 0 saturated heterocycles. The molecular formula is C16H17NO2S. The molecule has 104 valence electrons. The van der Waals surface area contributed by atoms with E-state index in [0.29, 0.717) is 11.5 Å². The molecule has 0 aliphatic heterocycles. The van der Waals surface area contributed by atoms with Crippen molar-refractivity contribution in [3.8, 4) is 11.5 Å². The van der Waals surface area contributed by atoms with E-state index in [0.717, 1.165) is 22.6 Å². The first-order valence-corrected chi connectivity index (χ1v) is 6.69. The molecule has 0 aliphatic carbocycles. The molecule has 4 heteroatoms.